The van der Waals surface area contributed by atoms with E-state index in [4.69, 9.17) is 9.47 Å². The first kappa shape index (κ1) is 15.2. The van der Waals surface area contributed by atoms with Gasteiger partial charge in [-0.15, -0.1) is 0 Å². The molecule has 2 aliphatic rings. The predicted molar refractivity (Wildman–Crippen MR) is 93.2 cm³/mol. The van der Waals surface area contributed by atoms with Crippen molar-refractivity contribution >= 4 is 5.78 Å². The highest BCUT2D eigenvalue weighted by Crippen LogP contribution is 2.41. The van der Waals surface area contributed by atoms with Crippen molar-refractivity contribution in [3.05, 3.63) is 65.7 Å². The first-order valence-electron chi connectivity index (χ1n) is 8.29. The molecule has 2 aromatic rings. The summed E-state index contributed by atoms with van der Waals surface area (Å²) in [7, 11) is 0. The molecular weight excluding hydrogens is 300 g/mol. The van der Waals surface area contributed by atoms with Crippen LogP contribution in [0.2, 0.25) is 0 Å². The van der Waals surface area contributed by atoms with Crippen molar-refractivity contribution in [1.29, 1.82) is 0 Å². The van der Waals surface area contributed by atoms with E-state index in [9.17, 15) is 4.79 Å². The third kappa shape index (κ3) is 2.45. The molecule has 0 aromatic heterocycles. The number of Topliss-reactive ketones (excluding diaryl/α,β-unsaturated/α-hetero) is 1. The maximum atomic E-state index is 12.5. The Balaban J connectivity index is 1.68. The molecule has 1 fully saturated rings. The molecule has 0 spiro atoms. The maximum Gasteiger partial charge on any atom is 0.198 e. The average Bonchev–Trinajstić information content (AvgIpc) is 2.91. The van der Waals surface area contributed by atoms with E-state index in [1.165, 1.54) is 22.3 Å². The molecule has 1 atom stereocenters. The lowest BCUT2D eigenvalue weighted by atomic mass is 9.94. The summed E-state index contributed by atoms with van der Waals surface area (Å²) in [6.45, 7) is 6.67. The molecule has 1 aliphatic heterocycles. The number of ether oxygens (including phenoxy) is 2. The average molecular weight is 320 g/mol. The van der Waals surface area contributed by atoms with Crippen LogP contribution in [0.15, 0.2) is 54.6 Å². The van der Waals surface area contributed by atoms with Gasteiger partial charge < -0.3 is 9.47 Å². The fourth-order valence-corrected chi connectivity index (χ4v) is 3.41. The van der Waals surface area contributed by atoms with Crippen molar-refractivity contribution in [3.63, 3.8) is 0 Å². The Hall–Kier alpha value is -2.39. The lowest BCUT2D eigenvalue weighted by Crippen LogP contribution is -2.46. The van der Waals surface area contributed by atoms with Gasteiger partial charge in [-0.25, -0.2) is 0 Å². The molecule has 122 valence electrons. The SMILES string of the molecule is C=C(C)C(=O)C(Oc1cccc2c1Cc1ccccc1-2)C1COC1. The predicted octanol–water partition coefficient (Wildman–Crippen LogP) is 3.80. The summed E-state index contributed by atoms with van der Waals surface area (Å²) in [5.41, 5.74) is 5.46. The largest absolute Gasteiger partial charge is 0.481 e. The topological polar surface area (TPSA) is 35.5 Å². The van der Waals surface area contributed by atoms with Gasteiger partial charge in [-0.3, -0.25) is 4.79 Å². The van der Waals surface area contributed by atoms with Crippen LogP contribution in [0.1, 0.15) is 18.1 Å². The Labute approximate surface area is 141 Å². The van der Waals surface area contributed by atoms with Gasteiger partial charge in [0.05, 0.1) is 19.1 Å². The number of benzene rings is 2. The normalized spacial score (nSPS) is 16.7. The molecule has 0 radical (unpaired) electrons. The van der Waals surface area contributed by atoms with Crippen molar-refractivity contribution < 1.29 is 14.3 Å². The van der Waals surface area contributed by atoms with Gasteiger partial charge >= 0.3 is 0 Å². The zero-order chi connectivity index (χ0) is 16.7. The fourth-order valence-electron chi connectivity index (χ4n) is 3.41. The first-order chi connectivity index (χ1) is 11.6. The molecule has 1 saturated heterocycles. The summed E-state index contributed by atoms with van der Waals surface area (Å²) in [4.78, 5) is 12.5. The van der Waals surface area contributed by atoms with Gasteiger partial charge in [-0.2, -0.15) is 0 Å². The van der Waals surface area contributed by atoms with Gasteiger partial charge in [0.2, 0.25) is 0 Å². The Bertz CT molecular complexity index is 818. The van der Waals surface area contributed by atoms with Crippen LogP contribution in [0.25, 0.3) is 11.1 Å². The number of ketones is 1. The number of carbonyl (C=O) groups is 1. The lowest BCUT2D eigenvalue weighted by Gasteiger charge is -2.33. The number of hydrogen-bond acceptors (Lipinski definition) is 3. The minimum Gasteiger partial charge on any atom is -0.481 e. The van der Waals surface area contributed by atoms with Gasteiger partial charge in [-0.05, 0) is 35.3 Å². The van der Waals surface area contributed by atoms with Crippen molar-refractivity contribution in [2.24, 2.45) is 5.92 Å². The van der Waals surface area contributed by atoms with E-state index < -0.39 is 6.10 Å². The molecule has 1 aliphatic carbocycles. The number of hydrogen-bond donors (Lipinski definition) is 0. The van der Waals surface area contributed by atoms with Gasteiger partial charge in [0.1, 0.15) is 5.75 Å². The van der Waals surface area contributed by atoms with E-state index in [1.807, 2.05) is 12.1 Å². The molecule has 0 N–H and O–H groups in total. The molecule has 24 heavy (non-hydrogen) atoms. The molecular formula is C21H20O3. The van der Waals surface area contributed by atoms with Gasteiger partial charge in [0.25, 0.3) is 0 Å². The van der Waals surface area contributed by atoms with Crippen LogP contribution in [0.4, 0.5) is 0 Å². The van der Waals surface area contributed by atoms with Gasteiger partial charge in [-0.1, -0.05) is 43.0 Å². The summed E-state index contributed by atoms with van der Waals surface area (Å²) in [5.74, 6) is 0.875. The number of carbonyl (C=O) groups excluding carboxylic acids is 1. The Morgan fingerprint density at radius 1 is 1.17 bits per heavy atom. The summed E-state index contributed by atoms with van der Waals surface area (Å²) in [5, 5.41) is 0. The monoisotopic (exact) mass is 320 g/mol. The van der Waals surface area contributed by atoms with E-state index in [0.29, 0.717) is 18.8 Å². The number of rotatable bonds is 5. The van der Waals surface area contributed by atoms with Crippen LogP contribution in [0.3, 0.4) is 0 Å². The molecule has 0 saturated carbocycles. The van der Waals surface area contributed by atoms with Gasteiger partial charge in [0.15, 0.2) is 11.9 Å². The Morgan fingerprint density at radius 3 is 2.62 bits per heavy atom. The van der Waals surface area contributed by atoms with E-state index in [1.54, 1.807) is 6.92 Å². The summed E-state index contributed by atoms with van der Waals surface area (Å²) < 4.78 is 11.5. The molecule has 1 unspecified atom stereocenters. The lowest BCUT2D eigenvalue weighted by molar-refractivity contribution is -0.136. The van der Waals surface area contributed by atoms with Crippen molar-refractivity contribution in [2.45, 2.75) is 19.4 Å². The third-order valence-corrected chi connectivity index (χ3v) is 4.83. The zero-order valence-corrected chi connectivity index (χ0v) is 13.7. The van der Waals surface area contributed by atoms with E-state index in [0.717, 1.165) is 12.2 Å². The van der Waals surface area contributed by atoms with E-state index >= 15 is 0 Å². The van der Waals surface area contributed by atoms with Crippen LogP contribution in [0.5, 0.6) is 5.75 Å². The summed E-state index contributed by atoms with van der Waals surface area (Å²) >= 11 is 0. The van der Waals surface area contributed by atoms with Crippen LogP contribution in [-0.4, -0.2) is 25.1 Å². The highest BCUT2D eigenvalue weighted by molar-refractivity contribution is 5.98. The standard InChI is InChI=1S/C21H20O3/c1-13(2)20(22)21(15-11-23-12-15)24-19-9-5-8-17-16-7-4-3-6-14(16)10-18(17)19/h3-9,15,21H,1,10-12H2,2H3. The van der Waals surface area contributed by atoms with Crippen LogP contribution < -0.4 is 4.74 Å². The fraction of sp³-hybridized carbons (Fsp3) is 0.286. The quantitative estimate of drug-likeness (QED) is 0.671. The molecule has 3 nitrogen and oxygen atoms in total. The molecule has 3 heteroatoms. The second kappa shape index (κ2) is 5.91. The van der Waals surface area contributed by atoms with Crippen LogP contribution >= 0.6 is 0 Å². The molecule has 4 rings (SSSR count). The smallest absolute Gasteiger partial charge is 0.198 e. The third-order valence-electron chi connectivity index (χ3n) is 4.83. The molecule has 0 bridgehead atoms. The first-order valence-corrected chi connectivity index (χ1v) is 8.29. The van der Waals surface area contributed by atoms with E-state index in [-0.39, 0.29) is 11.7 Å². The van der Waals surface area contributed by atoms with Crippen LogP contribution in [-0.2, 0) is 16.0 Å². The van der Waals surface area contributed by atoms with E-state index in [2.05, 4.69) is 36.9 Å². The highest BCUT2D eigenvalue weighted by Gasteiger charge is 2.36. The second-order valence-corrected chi connectivity index (χ2v) is 6.60. The van der Waals surface area contributed by atoms with Crippen molar-refractivity contribution in [1.82, 2.24) is 0 Å². The summed E-state index contributed by atoms with van der Waals surface area (Å²) in [6.07, 6.45) is 0.336. The second-order valence-electron chi connectivity index (χ2n) is 6.60. The maximum absolute atomic E-state index is 12.5. The molecule has 1 heterocycles. The summed E-state index contributed by atoms with van der Waals surface area (Å²) in [6, 6.07) is 14.5. The Kier molecular flexibility index (Phi) is 3.73. The minimum absolute atomic E-state index is 0.0311. The molecule has 0 amide bonds. The number of fused-ring (bicyclic) bond motifs is 3. The highest BCUT2D eigenvalue weighted by atomic mass is 16.5. The minimum atomic E-state index is -0.508. The van der Waals surface area contributed by atoms with Crippen LogP contribution in [0, 0.1) is 5.92 Å². The van der Waals surface area contributed by atoms with Gasteiger partial charge in [0, 0.05) is 12.0 Å². The Morgan fingerprint density at radius 2 is 1.92 bits per heavy atom. The zero-order valence-electron chi connectivity index (χ0n) is 13.7. The van der Waals surface area contributed by atoms with Crippen molar-refractivity contribution in [2.75, 3.05) is 13.2 Å². The van der Waals surface area contributed by atoms with Crippen molar-refractivity contribution in [3.8, 4) is 16.9 Å². The molecule has 2 aromatic carbocycles.